The molecule has 0 radical (unpaired) electrons. The Morgan fingerprint density at radius 1 is 1.06 bits per heavy atom. The van der Waals surface area contributed by atoms with E-state index in [9.17, 15) is 8.76 Å². The van der Waals surface area contributed by atoms with Crippen LogP contribution in [-0.4, -0.2) is 65.8 Å². The van der Waals surface area contributed by atoms with Gasteiger partial charge in [-0.3, -0.25) is 19.1 Å². The molecule has 0 aliphatic carbocycles. The highest BCUT2D eigenvalue weighted by Gasteiger charge is 2.19. The van der Waals surface area contributed by atoms with Crippen LogP contribution >= 0.6 is 0 Å². The maximum absolute atomic E-state index is 10.9. The minimum Gasteiger partial charge on any atom is -0.771 e. The number of hydrogen-bond acceptors (Lipinski definition) is 6. The van der Waals surface area contributed by atoms with Gasteiger partial charge in [0.25, 0.3) is 0 Å². The average Bonchev–Trinajstić information content (AvgIpc) is 3.38. The van der Waals surface area contributed by atoms with Crippen LogP contribution < -0.4 is 0 Å². The predicted octanol–water partition coefficient (Wildman–Crippen LogP) is 2.54. The average molecular weight is 434 g/mol. The fraction of sp³-hybridized carbons (Fsp3) is 0.273. The van der Waals surface area contributed by atoms with Gasteiger partial charge in [-0.15, -0.1) is 0 Å². The number of nitriles is 1. The summed E-state index contributed by atoms with van der Waals surface area (Å²) < 4.78 is 21.8. The highest BCUT2D eigenvalue weighted by Crippen LogP contribution is 2.31. The maximum Gasteiger partial charge on any atom is 0.116 e. The highest BCUT2D eigenvalue weighted by atomic mass is 32.2. The van der Waals surface area contributed by atoms with Crippen molar-refractivity contribution in [2.75, 3.05) is 32.1 Å². The first kappa shape index (κ1) is 19.9. The minimum atomic E-state index is -2.03. The van der Waals surface area contributed by atoms with Crippen molar-refractivity contribution in [3.63, 3.8) is 0 Å². The van der Waals surface area contributed by atoms with Crippen LogP contribution in [0.15, 0.2) is 42.5 Å². The number of nitrogens with one attached hydrogen (secondary N) is 2. The van der Waals surface area contributed by atoms with Gasteiger partial charge in [-0.05, 0) is 47.0 Å². The van der Waals surface area contributed by atoms with Crippen LogP contribution in [0.4, 0.5) is 0 Å². The molecule has 4 aromatic rings. The van der Waals surface area contributed by atoms with Gasteiger partial charge in [0.2, 0.25) is 0 Å². The van der Waals surface area contributed by atoms with Gasteiger partial charge in [-0.1, -0.05) is 12.1 Å². The van der Waals surface area contributed by atoms with Gasteiger partial charge >= 0.3 is 0 Å². The van der Waals surface area contributed by atoms with Crippen LogP contribution in [0, 0.1) is 11.3 Å². The number of H-pyrrole nitrogens is 2. The molecule has 0 saturated carbocycles. The molecular formula is C22H21N6O2S-. The van der Waals surface area contributed by atoms with Crippen molar-refractivity contribution in [2.24, 2.45) is 0 Å². The van der Waals surface area contributed by atoms with E-state index in [-0.39, 0.29) is 5.88 Å². The number of fused-ring (bicyclic) bond motifs is 2. The topological polar surface area (TPSA) is 115 Å². The van der Waals surface area contributed by atoms with E-state index in [1.165, 1.54) is 5.56 Å². The van der Waals surface area contributed by atoms with Crippen molar-refractivity contribution in [1.82, 2.24) is 25.0 Å². The van der Waals surface area contributed by atoms with Gasteiger partial charge in [0, 0.05) is 49.0 Å². The third kappa shape index (κ3) is 3.98. The summed E-state index contributed by atoms with van der Waals surface area (Å²) in [7, 11) is 0. The summed E-state index contributed by atoms with van der Waals surface area (Å²) in [4.78, 5) is 7.81. The SMILES string of the molecule is N#Cc1ccc2c(-c3cc4c(CN5CCN(CS(=O)[O-])CC5)cccc4[nH]3)n[nH]c2c1. The van der Waals surface area contributed by atoms with Crippen LogP contribution in [0.3, 0.4) is 0 Å². The highest BCUT2D eigenvalue weighted by molar-refractivity contribution is 7.79. The van der Waals surface area contributed by atoms with Crippen molar-refractivity contribution in [1.29, 1.82) is 5.26 Å². The lowest BCUT2D eigenvalue weighted by molar-refractivity contribution is 0.141. The van der Waals surface area contributed by atoms with Crippen LogP contribution in [0.5, 0.6) is 0 Å². The number of aromatic amines is 2. The Labute approximate surface area is 181 Å². The van der Waals surface area contributed by atoms with E-state index in [1.54, 1.807) is 6.07 Å². The fourth-order valence-electron chi connectivity index (χ4n) is 4.24. The van der Waals surface area contributed by atoms with E-state index < -0.39 is 11.1 Å². The molecule has 1 unspecified atom stereocenters. The molecular weight excluding hydrogens is 412 g/mol. The van der Waals surface area contributed by atoms with Crippen LogP contribution in [0.1, 0.15) is 11.1 Å². The second-order valence-corrected chi connectivity index (χ2v) is 8.70. The molecule has 1 atom stereocenters. The Hall–Kier alpha value is -3.03. The number of piperazine rings is 1. The molecule has 0 bridgehead atoms. The summed E-state index contributed by atoms with van der Waals surface area (Å²) in [5, 5.41) is 18.7. The fourth-order valence-corrected chi connectivity index (χ4v) is 4.80. The Balaban J connectivity index is 1.40. The lowest BCUT2D eigenvalue weighted by Gasteiger charge is -2.35. The Morgan fingerprint density at radius 2 is 1.87 bits per heavy atom. The number of aromatic nitrogens is 3. The van der Waals surface area contributed by atoms with Gasteiger partial charge in [0.15, 0.2) is 0 Å². The molecule has 2 N–H and O–H groups in total. The summed E-state index contributed by atoms with van der Waals surface area (Å²) in [5.74, 6) is 0.109. The molecule has 1 aliphatic heterocycles. The smallest absolute Gasteiger partial charge is 0.116 e. The van der Waals surface area contributed by atoms with E-state index in [0.29, 0.717) is 5.56 Å². The molecule has 2 aromatic heterocycles. The zero-order valence-electron chi connectivity index (χ0n) is 16.8. The second-order valence-electron chi connectivity index (χ2n) is 7.83. The monoisotopic (exact) mass is 433 g/mol. The molecule has 3 heterocycles. The standard InChI is InChI=1S/C22H22N6O2S/c23-12-15-4-5-17-20(10-15)25-26-22(17)21-11-18-16(2-1-3-19(18)24-21)13-27-6-8-28(9-7-27)14-31(29)30/h1-5,10-11,24H,6-9,13-14H2,(H,25,26)(H,29,30)/p-1. The molecule has 158 valence electrons. The summed E-state index contributed by atoms with van der Waals surface area (Å²) in [6.07, 6.45) is 0. The van der Waals surface area contributed by atoms with Gasteiger partial charge in [0.1, 0.15) is 5.69 Å². The first-order chi connectivity index (χ1) is 15.1. The molecule has 1 saturated heterocycles. The van der Waals surface area contributed by atoms with E-state index in [2.05, 4.69) is 50.4 Å². The second kappa shape index (κ2) is 8.24. The molecule has 1 aliphatic rings. The molecule has 0 amide bonds. The number of nitrogens with zero attached hydrogens (tertiary/aromatic N) is 4. The summed E-state index contributed by atoms with van der Waals surface area (Å²) in [5.41, 5.74) is 5.49. The Morgan fingerprint density at radius 3 is 2.65 bits per heavy atom. The zero-order chi connectivity index (χ0) is 21.4. The largest absolute Gasteiger partial charge is 0.771 e. The Bertz CT molecular complexity index is 1310. The molecule has 9 heteroatoms. The normalized spacial score (nSPS) is 16.6. The van der Waals surface area contributed by atoms with E-state index >= 15 is 0 Å². The number of benzene rings is 2. The quantitative estimate of drug-likeness (QED) is 0.468. The van der Waals surface area contributed by atoms with Gasteiger partial charge in [0.05, 0.1) is 28.7 Å². The van der Waals surface area contributed by atoms with Gasteiger partial charge in [-0.2, -0.15) is 10.4 Å². The summed E-state index contributed by atoms with van der Waals surface area (Å²) in [6, 6.07) is 16.1. The van der Waals surface area contributed by atoms with Crippen molar-refractivity contribution >= 4 is 32.9 Å². The molecule has 31 heavy (non-hydrogen) atoms. The van der Waals surface area contributed by atoms with Crippen molar-refractivity contribution in [3.05, 3.63) is 53.6 Å². The molecule has 8 nitrogen and oxygen atoms in total. The Kier molecular flexibility index (Phi) is 5.29. The third-order valence-electron chi connectivity index (χ3n) is 5.85. The number of hydrogen-bond donors (Lipinski definition) is 2. The van der Waals surface area contributed by atoms with Crippen LogP contribution in [0.2, 0.25) is 0 Å². The first-order valence-corrected chi connectivity index (χ1v) is 11.3. The van der Waals surface area contributed by atoms with Gasteiger partial charge < -0.3 is 9.54 Å². The van der Waals surface area contributed by atoms with Crippen molar-refractivity contribution < 1.29 is 8.76 Å². The molecule has 1 fully saturated rings. The van der Waals surface area contributed by atoms with Crippen molar-refractivity contribution in [2.45, 2.75) is 6.54 Å². The lowest BCUT2D eigenvalue weighted by atomic mass is 10.1. The summed E-state index contributed by atoms with van der Waals surface area (Å²) in [6.45, 7) is 4.01. The third-order valence-corrected chi connectivity index (χ3v) is 6.42. The maximum atomic E-state index is 10.9. The van der Waals surface area contributed by atoms with Crippen LogP contribution in [-0.2, 0) is 17.6 Å². The zero-order valence-corrected chi connectivity index (χ0v) is 17.6. The minimum absolute atomic E-state index is 0.109. The molecule has 0 spiro atoms. The first-order valence-electron chi connectivity index (χ1n) is 10.1. The van der Waals surface area contributed by atoms with E-state index in [0.717, 1.165) is 65.9 Å². The van der Waals surface area contributed by atoms with E-state index in [4.69, 9.17) is 5.26 Å². The molecule has 2 aromatic carbocycles. The predicted molar refractivity (Wildman–Crippen MR) is 119 cm³/mol. The van der Waals surface area contributed by atoms with Crippen LogP contribution in [0.25, 0.3) is 33.2 Å². The van der Waals surface area contributed by atoms with E-state index in [1.807, 2.05) is 17.0 Å². The summed E-state index contributed by atoms with van der Waals surface area (Å²) >= 11 is -2.03. The lowest BCUT2D eigenvalue weighted by Crippen LogP contribution is -2.46. The van der Waals surface area contributed by atoms with Gasteiger partial charge in [-0.25, -0.2) is 0 Å². The van der Waals surface area contributed by atoms with Crippen molar-refractivity contribution in [3.8, 4) is 17.5 Å². The number of rotatable bonds is 5. The molecule has 5 rings (SSSR count).